The van der Waals surface area contributed by atoms with E-state index in [2.05, 4.69) is 15.4 Å². The van der Waals surface area contributed by atoms with Crippen LogP contribution in [0.5, 0.6) is 0 Å². The van der Waals surface area contributed by atoms with Gasteiger partial charge < -0.3 is 10.6 Å². The van der Waals surface area contributed by atoms with Crippen LogP contribution in [-0.4, -0.2) is 37.5 Å². The predicted molar refractivity (Wildman–Crippen MR) is 123 cm³/mol. The largest absolute Gasteiger partial charge is 0.340 e. The summed E-state index contributed by atoms with van der Waals surface area (Å²) < 4.78 is 25.4. The Labute approximate surface area is 194 Å². The van der Waals surface area contributed by atoms with Crippen molar-refractivity contribution in [3.05, 3.63) is 62.1 Å². The van der Waals surface area contributed by atoms with Crippen LogP contribution >= 0.6 is 23.2 Å². The average Bonchev–Trinajstić information content (AvgIpc) is 2.67. The summed E-state index contributed by atoms with van der Waals surface area (Å²) in [6, 6.07) is 6.53. The number of carbonyl (C=O) groups is 2. The highest BCUT2D eigenvalue weighted by Gasteiger charge is 2.27. The van der Waals surface area contributed by atoms with Crippen molar-refractivity contribution >= 4 is 62.1 Å². The summed E-state index contributed by atoms with van der Waals surface area (Å²) in [4.78, 5) is 35.9. The summed E-state index contributed by atoms with van der Waals surface area (Å²) in [5.74, 6) is -1.73. The van der Waals surface area contributed by atoms with Gasteiger partial charge in [0.2, 0.25) is 15.9 Å². The lowest BCUT2D eigenvalue weighted by atomic mass is 10.0. The zero-order valence-corrected chi connectivity index (χ0v) is 19.5. The van der Waals surface area contributed by atoms with Crippen molar-refractivity contribution in [2.75, 3.05) is 16.3 Å². The second kappa shape index (κ2) is 10.2. The van der Waals surface area contributed by atoms with Gasteiger partial charge in [0, 0.05) is 17.2 Å². The van der Waals surface area contributed by atoms with E-state index in [1.165, 1.54) is 30.3 Å². The van der Waals surface area contributed by atoms with E-state index in [-0.39, 0.29) is 38.6 Å². The Kier molecular flexibility index (Phi) is 8.05. The third-order valence-electron chi connectivity index (χ3n) is 4.18. The van der Waals surface area contributed by atoms with Gasteiger partial charge >= 0.3 is 0 Å². The van der Waals surface area contributed by atoms with Gasteiger partial charge in [-0.25, -0.2) is 8.42 Å². The van der Waals surface area contributed by atoms with Gasteiger partial charge in [0.1, 0.15) is 6.04 Å². The number of hydrogen-bond donors (Lipinski definition) is 3. The summed E-state index contributed by atoms with van der Waals surface area (Å²) in [6.45, 7) is 3.38. The number of non-ortho nitro benzene ring substituents is 1. The van der Waals surface area contributed by atoms with Crippen molar-refractivity contribution in [1.29, 1.82) is 0 Å². The van der Waals surface area contributed by atoms with Gasteiger partial charge in [0.15, 0.2) is 0 Å². The van der Waals surface area contributed by atoms with Crippen LogP contribution in [-0.2, 0) is 14.8 Å². The third-order valence-corrected chi connectivity index (χ3v) is 5.32. The van der Waals surface area contributed by atoms with Crippen LogP contribution < -0.4 is 15.4 Å². The van der Waals surface area contributed by atoms with Crippen LogP contribution in [0.4, 0.5) is 17.1 Å². The lowest BCUT2D eigenvalue weighted by Gasteiger charge is -2.23. The number of nitro benzene ring substituents is 1. The van der Waals surface area contributed by atoms with Crippen molar-refractivity contribution in [3.63, 3.8) is 0 Å². The number of nitro groups is 1. The van der Waals surface area contributed by atoms with Gasteiger partial charge in [0.25, 0.3) is 11.6 Å². The zero-order valence-electron chi connectivity index (χ0n) is 17.2. The van der Waals surface area contributed by atoms with Crippen LogP contribution in [0.2, 0.25) is 10.0 Å². The quantitative estimate of drug-likeness (QED) is 0.370. The highest BCUT2D eigenvalue weighted by atomic mass is 35.5. The van der Waals surface area contributed by atoms with Gasteiger partial charge in [-0.2, -0.15) is 0 Å². The van der Waals surface area contributed by atoms with Gasteiger partial charge in [-0.3, -0.25) is 24.4 Å². The van der Waals surface area contributed by atoms with Gasteiger partial charge in [0.05, 0.1) is 33.1 Å². The number of anilines is 2. The molecular weight excluding hydrogens is 483 g/mol. The normalized spacial score (nSPS) is 12.2. The Morgan fingerprint density at radius 2 is 1.69 bits per heavy atom. The molecule has 10 nitrogen and oxygen atoms in total. The van der Waals surface area contributed by atoms with Gasteiger partial charge in [-0.1, -0.05) is 37.0 Å². The molecule has 2 rings (SSSR count). The van der Waals surface area contributed by atoms with E-state index in [4.69, 9.17) is 23.2 Å². The summed E-state index contributed by atoms with van der Waals surface area (Å²) >= 11 is 12.0. The maximum Gasteiger partial charge on any atom is 0.271 e. The molecule has 0 saturated heterocycles. The molecule has 2 amide bonds. The van der Waals surface area contributed by atoms with E-state index >= 15 is 0 Å². The predicted octanol–water partition coefficient (Wildman–Crippen LogP) is 3.67. The molecule has 0 heterocycles. The molecule has 0 spiro atoms. The first kappa shape index (κ1) is 25.4. The molecule has 32 heavy (non-hydrogen) atoms. The molecule has 13 heteroatoms. The van der Waals surface area contributed by atoms with Crippen molar-refractivity contribution in [1.82, 2.24) is 5.32 Å². The molecule has 0 fully saturated rings. The minimum Gasteiger partial charge on any atom is -0.340 e. The minimum atomic E-state index is -3.68. The van der Waals surface area contributed by atoms with Crippen LogP contribution in [0.3, 0.4) is 0 Å². The number of benzene rings is 2. The van der Waals surface area contributed by atoms with Gasteiger partial charge in [-0.15, -0.1) is 0 Å². The minimum absolute atomic E-state index is 0.00396. The molecule has 0 bridgehead atoms. The molecule has 0 radical (unpaired) electrons. The van der Waals surface area contributed by atoms with E-state index in [1.54, 1.807) is 13.8 Å². The first-order chi connectivity index (χ1) is 14.8. The first-order valence-electron chi connectivity index (χ1n) is 9.11. The molecule has 3 N–H and O–H groups in total. The number of amides is 2. The Morgan fingerprint density at radius 1 is 1.06 bits per heavy atom. The fraction of sp³-hybridized carbons (Fsp3) is 0.263. The van der Waals surface area contributed by atoms with Crippen LogP contribution in [0.1, 0.15) is 24.2 Å². The smallest absolute Gasteiger partial charge is 0.271 e. The SMILES string of the molecule is CC(C)[C@H](NC(=O)c1cc(Cl)ccc1NS(C)(=O)=O)C(=O)Nc1ccc([N+](=O)[O-])cc1Cl. The van der Waals surface area contributed by atoms with Crippen LogP contribution in [0, 0.1) is 16.0 Å². The Balaban J connectivity index is 2.27. The zero-order chi connectivity index (χ0) is 24.2. The molecule has 0 unspecified atom stereocenters. The molecule has 0 aliphatic carbocycles. The molecule has 1 atom stereocenters. The van der Waals surface area contributed by atoms with Crippen molar-refractivity contribution < 1.29 is 22.9 Å². The topological polar surface area (TPSA) is 148 Å². The molecule has 2 aromatic rings. The summed E-state index contributed by atoms with van der Waals surface area (Å²) in [6.07, 6.45) is 0.932. The van der Waals surface area contributed by atoms with Crippen LogP contribution in [0.25, 0.3) is 0 Å². The number of nitrogens with zero attached hydrogens (tertiary/aromatic N) is 1. The second-order valence-electron chi connectivity index (χ2n) is 7.17. The molecule has 2 aromatic carbocycles. The Morgan fingerprint density at radius 3 is 2.22 bits per heavy atom. The van der Waals surface area contributed by atoms with Crippen molar-refractivity contribution in [2.24, 2.45) is 5.92 Å². The number of nitrogens with one attached hydrogen (secondary N) is 3. The lowest BCUT2D eigenvalue weighted by Crippen LogP contribution is -2.47. The van der Waals surface area contributed by atoms with Gasteiger partial charge in [-0.05, 0) is 30.2 Å². The lowest BCUT2D eigenvalue weighted by molar-refractivity contribution is -0.384. The number of sulfonamides is 1. The van der Waals surface area contributed by atoms with E-state index in [1.807, 2.05) is 0 Å². The number of halogens is 2. The first-order valence-corrected chi connectivity index (χ1v) is 11.8. The fourth-order valence-electron chi connectivity index (χ4n) is 2.68. The maximum atomic E-state index is 12.9. The standard InChI is InChI=1S/C19H20Cl2N4O6S/c1-10(2)17(19(27)22-16-7-5-12(25(28)29)9-14(16)21)23-18(26)13-8-11(20)4-6-15(13)24-32(3,30)31/h4-10,17,24H,1-3H3,(H,22,27)(H,23,26)/t17-/m0/s1. The second-order valence-corrected chi connectivity index (χ2v) is 9.76. The maximum absolute atomic E-state index is 12.9. The fourth-order valence-corrected chi connectivity index (χ4v) is 3.65. The van der Waals surface area contributed by atoms with Crippen molar-refractivity contribution in [2.45, 2.75) is 19.9 Å². The van der Waals surface area contributed by atoms with E-state index in [0.717, 1.165) is 12.3 Å². The summed E-state index contributed by atoms with van der Waals surface area (Å²) in [7, 11) is -3.68. The number of hydrogen-bond acceptors (Lipinski definition) is 6. The molecule has 0 aliphatic heterocycles. The van der Waals surface area contributed by atoms with Crippen molar-refractivity contribution in [3.8, 4) is 0 Å². The van der Waals surface area contributed by atoms with E-state index < -0.39 is 32.8 Å². The highest BCUT2D eigenvalue weighted by molar-refractivity contribution is 7.92. The Bertz CT molecular complexity index is 1170. The molecule has 0 aromatic heterocycles. The highest BCUT2D eigenvalue weighted by Crippen LogP contribution is 2.27. The Hall–Kier alpha value is -2.89. The molecule has 172 valence electrons. The number of carbonyl (C=O) groups excluding carboxylic acids is 2. The monoisotopic (exact) mass is 502 g/mol. The summed E-state index contributed by atoms with van der Waals surface area (Å²) in [5, 5.41) is 16.1. The molecule has 0 aliphatic rings. The number of rotatable bonds is 8. The van der Waals surface area contributed by atoms with E-state index in [9.17, 15) is 28.1 Å². The van der Waals surface area contributed by atoms with E-state index in [0.29, 0.717) is 0 Å². The third kappa shape index (κ3) is 6.81. The molecule has 0 saturated carbocycles. The summed E-state index contributed by atoms with van der Waals surface area (Å²) in [5.41, 5.74) is -0.191. The molecular formula is C19H20Cl2N4O6S. The average molecular weight is 503 g/mol. The van der Waals surface area contributed by atoms with Crippen LogP contribution in [0.15, 0.2) is 36.4 Å².